The molecule has 0 spiro atoms. The van der Waals surface area contributed by atoms with Crippen LogP contribution in [0.3, 0.4) is 0 Å². The maximum atomic E-state index is 11.9. The van der Waals surface area contributed by atoms with Crippen molar-refractivity contribution in [1.29, 1.82) is 0 Å². The number of carboxylic acid groups (broad SMARTS) is 2. The number of carbonyl (C=O) groups excluding carboxylic acids is 1. The van der Waals surface area contributed by atoms with Gasteiger partial charge in [-0.2, -0.15) is 0 Å². The van der Waals surface area contributed by atoms with E-state index in [4.69, 9.17) is 52.8 Å². The molecular weight excluding hydrogens is 696 g/mol. The van der Waals surface area contributed by atoms with E-state index >= 15 is 0 Å². The lowest BCUT2D eigenvalue weighted by Gasteiger charge is -2.22. The lowest BCUT2D eigenvalue weighted by atomic mass is 9.96. The summed E-state index contributed by atoms with van der Waals surface area (Å²) >= 11 is 0. The van der Waals surface area contributed by atoms with E-state index in [1.165, 1.54) is 83.5 Å². The van der Waals surface area contributed by atoms with Crippen molar-refractivity contribution in [2.45, 2.75) is 115 Å². The minimum absolute atomic E-state index is 0.0410. The van der Waals surface area contributed by atoms with Crippen molar-refractivity contribution in [2.24, 2.45) is 0 Å². The van der Waals surface area contributed by atoms with Gasteiger partial charge in [-0.3, -0.25) is 9.59 Å². The topological polar surface area (TPSA) is 195 Å². The minimum Gasteiger partial charge on any atom is -0.481 e. The Morgan fingerprint density at radius 1 is 0.377 bits per heavy atom. The van der Waals surface area contributed by atoms with Crippen molar-refractivity contribution in [3.05, 3.63) is 0 Å². The molecule has 0 aliphatic heterocycles. The van der Waals surface area contributed by atoms with E-state index in [0.717, 1.165) is 13.0 Å². The lowest BCUT2D eigenvalue weighted by Crippen LogP contribution is -2.44. The Kier molecular flexibility index (Phi) is 38.3. The Labute approximate surface area is 317 Å². The molecule has 0 aromatic carbocycles. The summed E-state index contributed by atoms with van der Waals surface area (Å²) in [6, 6.07) is 0. The highest BCUT2D eigenvalue weighted by molar-refractivity contribution is 5.89. The minimum atomic E-state index is -2.65. The molecule has 15 heteroatoms. The first-order chi connectivity index (χ1) is 25.8. The predicted molar refractivity (Wildman–Crippen MR) is 197 cm³/mol. The molecule has 0 rings (SSSR count). The van der Waals surface area contributed by atoms with Gasteiger partial charge in [-0.25, -0.2) is 4.79 Å². The molecule has 0 saturated heterocycles. The van der Waals surface area contributed by atoms with Gasteiger partial charge in [-0.1, -0.05) is 90.4 Å². The Morgan fingerprint density at radius 2 is 0.623 bits per heavy atom. The zero-order valence-electron chi connectivity index (χ0n) is 32.6. The smallest absolute Gasteiger partial charge is 0.339 e. The summed E-state index contributed by atoms with van der Waals surface area (Å²) in [7, 11) is 0. The molecule has 0 unspecified atom stereocenters. The second-order valence-corrected chi connectivity index (χ2v) is 12.8. The van der Waals surface area contributed by atoms with Crippen LogP contribution < -0.4 is 0 Å². The molecule has 314 valence electrons. The normalized spacial score (nSPS) is 11.7. The second kappa shape index (κ2) is 39.7. The Balaban J connectivity index is 3.24. The zero-order valence-corrected chi connectivity index (χ0v) is 32.6. The van der Waals surface area contributed by atoms with E-state index in [9.17, 15) is 19.5 Å². The van der Waals surface area contributed by atoms with E-state index in [0.29, 0.717) is 79.3 Å². The van der Waals surface area contributed by atoms with E-state index < -0.39 is 36.4 Å². The molecule has 0 radical (unpaired) electrons. The number of carbonyl (C=O) groups is 3. The molecule has 3 N–H and O–H groups in total. The summed E-state index contributed by atoms with van der Waals surface area (Å²) < 4.78 is 48.4. The Morgan fingerprint density at radius 3 is 0.906 bits per heavy atom. The maximum Gasteiger partial charge on any atom is 0.339 e. The standard InChI is InChI=1S/C38H72O15/c1-2-3-4-5-6-7-8-9-10-11-12-13-14-15-16-45-17-18-46-19-20-47-21-22-48-23-24-49-25-26-50-27-28-51-29-30-52-31-32-53-37(43)38(44,33-35(39)40)34-36(41)42/h44H,2-34H2,1H3,(H,39,40)(H,41,42). The molecule has 0 saturated carbocycles. The Hall–Kier alpha value is -1.95. The monoisotopic (exact) mass is 768 g/mol. The molecule has 15 nitrogen and oxygen atoms in total. The van der Waals surface area contributed by atoms with Gasteiger partial charge in [0.1, 0.15) is 6.61 Å². The van der Waals surface area contributed by atoms with Crippen LogP contribution in [0.1, 0.15) is 110 Å². The van der Waals surface area contributed by atoms with Crippen LogP contribution in [-0.2, 0) is 57.0 Å². The van der Waals surface area contributed by atoms with Crippen LogP contribution in [0.5, 0.6) is 0 Å². The number of aliphatic hydroxyl groups is 1. The van der Waals surface area contributed by atoms with Crippen LogP contribution in [-0.4, -0.2) is 151 Å². The maximum absolute atomic E-state index is 11.9. The third kappa shape index (κ3) is 38.1. The highest BCUT2D eigenvalue weighted by atomic mass is 16.6. The molecule has 0 amide bonds. The molecule has 0 aromatic rings. The van der Waals surface area contributed by atoms with Crippen molar-refractivity contribution < 1.29 is 72.3 Å². The molecule has 0 atom stereocenters. The molecule has 0 aromatic heterocycles. The molecule has 0 heterocycles. The largest absolute Gasteiger partial charge is 0.481 e. The molecule has 53 heavy (non-hydrogen) atoms. The summed E-state index contributed by atoms with van der Waals surface area (Å²) in [6.07, 6.45) is 16.8. The van der Waals surface area contributed by atoms with Crippen molar-refractivity contribution >= 4 is 17.9 Å². The molecular formula is C38H72O15. The summed E-state index contributed by atoms with van der Waals surface area (Å²) in [4.78, 5) is 33.5. The van der Waals surface area contributed by atoms with Gasteiger partial charge < -0.3 is 58.0 Å². The van der Waals surface area contributed by atoms with Crippen LogP contribution in [0.4, 0.5) is 0 Å². The molecule has 0 bridgehead atoms. The quantitative estimate of drug-likeness (QED) is 0.0563. The highest BCUT2D eigenvalue weighted by Crippen LogP contribution is 2.18. The van der Waals surface area contributed by atoms with E-state index in [1.54, 1.807) is 0 Å². The summed E-state index contributed by atoms with van der Waals surface area (Å²) in [5, 5.41) is 27.6. The number of hydrogen-bond acceptors (Lipinski definition) is 13. The fourth-order valence-corrected chi connectivity index (χ4v) is 5.07. The lowest BCUT2D eigenvalue weighted by molar-refractivity contribution is -0.176. The van der Waals surface area contributed by atoms with Gasteiger partial charge >= 0.3 is 17.9 Å². The fourth-order valence-electron chi connectivity index (χ4n) is 5.07. The van der Waals surface area contributed by atoms with Gasteiger partial charge in [-0.05, 0) is 6.42 Å². The zero-order chi connectivity index (χ0) is 38.9. The van der Waals surface area contributed by atoms with Crippen molar-refractivity contribution in [3.63, 3.8) is 0 Å². The summed E-state index contributed by atoms with van der Waals surface area (Å²) in [5.74, 6) is -4.39. The molecule has 0 aliphatic rings. The van der Waals surface area contributed by atoms with Gasteiger partial charge in [0.2, 0.25) is 0 Å². The van der Waals surface area contributed by atoms with Gasteiger partial charge in [0.25, 0.3) is 0 Å². The number of rotatable bonds is 44. The van der Waals surface area contributed by atoms with Crippen molar-refractivity contribution in [2.75, 3.05) is 112 Å². The first-order valence-electron chi connectivity index (χ1n) is 19.8. The number of carboxylic acids is 2. The van der Waals surface area contributed by atoms with Crippen LogP contribution in [0.25, 0.3) is 0 Å². The van der Waals surface area contributed by atoms with E-state index in [1.807, 2.05) is 0 Å². The number of unbranched alkanes of at least 4 members (excludes halogenated alkanes) is 13. The average molecular weight is 769 g/mol. The highest BCUT2D eigenvalue weighted by Gasteiger charge is 2.42. The van der Waals surface area contributed by atoms with Gasteiger partial charge in [0.05, 0.1) is 112 Å². The Bertz CT molecular complexity index is 813. The third-order valence-corrected chi connectivity index (χ3v) is 7.97. The number of ether oxygens (including phenoxy) is 9. The van der Waals surface area contributed by atoms with Crippen molar-refractivity contribution in [1.82, 2.24) is 0 Å². The number of esters is 1. The SMILES string of the molecule is CCCCCCCCCCCCCCCCOCCOCCOCCOCCOCCOCCOCCOCCOC(=O)C(O)(CC(=O)O)CC(=O)O. The van der Waals surface area contributed by atoms with Crippen LogP contribution in [0, 0.1) is 0 Å². The van der Waals surface area contributed by atoms with E-state index in [2.05, 4.69) is 6.92 Å². The molecule has 0 aliphatic carbocycles. The number of aliphatic carboxylic acids is 2. The van der Waals surface area contributed by atoms with Crippen molar-refractivity contribution in [3.8, 4) is 0 Å². The van der Waals surface area contributed by atoms with Crippen LogP contribution in [0.15, 0.2) is 0 Å². The first kappa shape index (κ1) is 51.0. The molecule has 0 fully saturated rings. The summed E-state index contributed by atoms with van der Waals surface area (Å²) in [5.41, 5.74) is -2.65. The van der Waals surface area contributed by atoms with E-state index in [-0.39, 0.29) is 26.4 Å². The second-order valence-electron chi connectivity index (χ2n) is 12.8. The number of hydrogen-bond donors (Lipinski definition) is 3. The van der Waals surface area contributed by atoms with Gasteiger partial charge in [0.15, 0.2) is 5.60 Å². The van der Waals surface area contributed by atoms with Gasteiger partial charge in [0, 0.05) is 6.61 Å². The van der Waals surface area contributed by atoms with Gasteiger partial charge in [-0.15, -0.1) is 0 Å². The van der Waals surface area contributed by atoms with Crippen LogP contribution >= 0.6 is 0 Å². The first-order valence-corrected chi connectivity index (χ1v) is 19.8. The predicted octanol–water partition coefficient (Wildman–Crippen LogP) is 4.82. The third-order valence-electron chi connectivity index (χ3n) is 7.97. The average Bonchev–Trinajstić information content (AvgIpc) is 3.11. The fraction of sp³-hybridized carbons (Fsp3) is 0.921. The summed E-state index contributed by atoms with van der Waals surface area (Å²) in [6.45, 7) is 8.92. The van der Waals surface area contributed by atoms with Crippen LogP contribution in [0.2, 0.25) is 0 Å².